The maximum absolute atomic E-state index is 14.1. The number of anilines is 1. The van der Waals surface area contributed by atoms with Crippen molar-refractivity contribution in [2.24, 2.45) is 0 Å². The number of rotatable bonds is 6. The third-order valence-electron chi connectivity index (χ3n) is 5.18. The molecule has 1 amide bonds. The average Bonchev–Trinajstić information content (AvgIpc) is 3.52. The standard InChI is InChI=1S/C23H20FN5OS/c1-14(30)26-17-4-2-5-18(12-17)29-22(15-7-8-15)27-28-23(29)31-13-16-9-10-20(24)19-6-3-11-25-21(16)19/h2-6,9-12,15H,7-8,13H2,1H3,(H,26,30). The van der Waals surface area contributed by atoms with Gasteiger partial charge in [0.1, 0.15) is 11.6 Å². The summed E-state index contributed by atoms with van der Waals surface area (Å²) in [6.07, 6.45) is 3.87. The van der Waals surface area contributed by atoms with Crippen molar-refractivity contribution in [3.63, 3.8) is 0 Å². The molecule has 8 heteroatoms. The maximum atomic E-state index is 14.1. The van der Waals surface area contributed by atoms with E-state index >= 15 is 0 Å². The molecule has 6 nitrogen and oxygen atoms in total. The zero-order valence-electron chi connectivity index (χ0n) is 16.9. The van der Waals surface area contributed by atoms with E-state index < -0.39 is 0 Å². The number of nitrogens with zero attached hydrogens (tertiary/aromatic N) is 4. The van der Waals surface area contributed by atoms with Crippen LogP contribution in [0.2, 0.25) is 0 Å². The SMILES string of the molecule is CC(=O)Nc1cccc(-n2c(SCc3ccc(F)c4cccnc34)nnc2C2CC2)c1. The fourth-order valence-electron chi connectivity index (χ4n) is 3.60. The summed E-state index contributed by atoms with van der Waals surface area (Å²) in [7, 11) is 0. The number of benzene rings is 2. The number of aromatic nitrogens is 4. The van der Waals surface area contributed by atoms with Gasteiger partial charge >= 0.3 is 0 Å². The number of carbonyl (C=O) groups excluding carboxylic acids is 1. The van der Waals surface area contributed by atoms with E-state index in [-0.39, 0.29) is 11.7 Å². The van der Waals surface area contributed by atoms with Crippen LogP contribution in [0.3, 0.4) is 0 Å². The molecule has 1 saturated carbocycles. The minimum Gasteiger partial charge on any atom is -0.326 e. The van der Waals surface area contributed by atoms with E-state index in [4.69, 9.17) is 0 Å². The first-order valence-electron chi connectivity index (χ1n) is 10.1. The smallest absolute Gasteiger partial charge is 0.221 e. The fourth-order valence-corrected chi connectivity index (χ4v) is 4.55. The Labute approximate surface area is 182 Å². The van der Waals surface area contributed by atoms with Crippen molar-refractivity contribution in [1.29, 1.82) is 0 Å². The van der Waals surface area contributed by atoms with Crippen molar-refractivity contribution in [1.82, 2.24) is 19.7 Å². The second-order valence-electron chi connectivity index (χ2n) is 7.58. The van der Waals surface area contributed by atoms with E-state index in [0.29, 0.717) is 22.6 Å². The molecule has 156 valence electrons. The van der Waals surface area contributed by atoms with Crippen LogP contribution in [0.15, 0.2) is 59.9 Å². The first-order valence-corrected chi connectivity index (χ1v) is 11.1. The van der Waals surface area contributed by atoms with Crippen molar-refractivity contribution in [2.75, 3.05) is 5.32 Å². The third kappa shape index (κ3) is 4.03. The topological polar surface area (TPSA) is 72.7 Å². The highest BCUT2D eigenvalue weighted by Gasteiger charge is 2.31. The van der Waals surface area contributed by atoms with Gasteiger partial charge in [-0.25, -0.2) is 4.39 Å². The van der Waals surface area contributed by atoms with Crippen LogP contribution < -0.4 is 5.32 Å². The van der Waals surface area contributed by atoms with Gasteiger partial charge in [-0.1, -0.05) is 23.9 Å². The first kappa shape index (κ1) is 19.7. The van der Waals surface area contributed by atoms with Gasteiger partial charge in [0.25, 0.3) is 0 Å². The molecule has 4 aromatic rings. The van der Waals surface area contributed by atoms with Gasteiger partial charge in [-0.3, -0.25) is 14.3 Å². The third-order valence-corrected chi connectivity index (χ3v) is 6.16. The molecule has 0 spiro atoms. The van der Waals surface area contributed by atoms with E-state index in [1.165, 1.54) is 13.0 Å². The number of nitrogens with one attached hydrogen (secondary N) is 1. The van der Waals surface area contributed by atoms with Crippen molar-refractivity contribution in [3.8, 4) is 5.69 Å². The minimum atomic E-state index is -0.272. The predicted molar refractivity (Wildman–Crippen MR) is 119 cm³/mol. The highest BCUT2D eigenvalue weighted by molar-refractivity contribution is 7.98. The Balaban J connectivity index is 1.49. The number of hydrogen-bond acceptors (Lipinski definition) is 5. The molecule has 0 saturated heterocycles. The molecule has 1 fully saturated rings. The van der Waals surface area contributed by atoms with E-state index in [9.17, 15) is 9.18 Å². The van der Waals surface area contributed by atoms with E-state index in [0.717, 1.165) is 40.8 Å². The van der Waals surface area contributed by atoms with E-state index in [1.54, 1.807) is 36.2 Å². The summed E-state index contributed by atoms with van der Waals surface area (Å²) in [6, 6.07) is 14.4. The lowest BCUT2D eigenvalue weighted by atomic mass is 10.1. The second-order valence-corrected chi connectivity index (χ2v) is 8.52. The zero-order valence-corrected chi connectivity index (χ0v) is 17.7. The van der Waals surface area contributed by atoms with Gasteiger partial charge in [0.15, 0.2) is 5.16 Å². The van der Waals surface area contributed by atoms with Crippen molar-refractivity contribution in [3.05, 3.63) is 71.9 Å². The number of hydrogen-bond donors (Lipinski definition) is 1. The second kappa shape index (κ2) is 8.11. The molecule has 0 aliphatic heterocycles. The maximum Gasteiger partial charge on any atom is 0.221 e. The lowest BCUT2D eigenvalue weighted by molar-refractivity contribution is -0.114. The summed E-state index contributed by atoms with van der Waals surface area (Å²) in [6.45, 7) is 1.49. The Kier molecular flexibility index (Phi) is 5.15. The number of amides is 1. The summed E-state index contributed by atoms with van der Waals surface area (Å²) in [4.78, 5) is 15.9. The van der Waals surface area contributed by atoms with Gasteiger partial charge in [0, 0.05) is 35.9 Å². The summed E-state index contributed by atoms with van der Waals surface area (Å²) in [5.74, 6) is 1.53. The largest absolute Gasteiger partial charge is 0.326 e. The van der Waals surface area contributed by atoms with Crippen LogP contribution in [0, 0.1) is 5.82 Å². The molecule has 1 aliphatic rings. The van der Waals surface area contributed by atoms with Crippen LogP contribution >= 0.6 is 11.8 Å². The van der Waals surface area contributed by atoms with Crippen molar-refractivity contribution in [2.45, 2.75) is 36.6 Å². The van der Waals surface area contributed by atoms with E-state index in [1.807, 2.05) is 24.3 Å². The number of pyridine rings is 1. The number of halogens is 1. The molecular formula is C23H20FN5OS. The van der Waals surface area contributed by atoms with Gasteiger partial charge < -0.3 is 5.32 Å². The lowest BCUT2D eigenvalue weighted by Crippen LogP contribution is -2.07. The summed E-state index contributed by atoms with van der Waals surface area (Å²) in [5.41, 5.74) is 3.24. The van der Waals surface area contributed by atoms with Crippen molar-refractivity contribution < 1.29 is 9.18 Å². The lowest BCUT2D eigenvalue weighted by Gasteiger charge is -2.12. The van der Waals surface area contributed by atoms with Gasteiger partial charge in [0.2, 0.25) is 5.91 Å². The summed E-state index contributed by atoms with van der Waals surface area (Å²) in [5, 5.41) is 13.0. The van der Waals surface area contributed by atoms with Crippen LogP contribution in [-0.2, 0) is 10.5 Å². The number of carbonyl (C=O) groups is 1. The molecule has 2 heterocycles. The first-order chi connectivity index (χ1) is 15.1. The molecule has 5 rings (SSSR count). The van der Waals surface area contributed by atoms with Gasteiger partial charge in [-0.05, 0) is 54.8 Å². The van der Waals surface area contributed by atoms with Crippen LogP contribution in [-0.4, -0.2) is 25.7 Å². The molecule has 2 aromatic carbocycles. The monoisotopic (exact) mass is 433 g/mol. The number of fused-ring (bicyclic) bond motifs is 1. The van der Waals surface area contributed by atoms with Gasteiger partial charge in [-0.2, -0.15) is 0 Å². The Morgan fingerprint density at radius 3 is 2.87 bits per heavy atom. The van der Waals surface area contributed by atoms with Crippen LogP contribution in [0.5, 0.6) is 0 Å². The molecule has 0 bridgehead atoms. The highest BCUT2D eigenvalue weighted by atomic mass is 32.2. The molecular weight excluding hydrogens is 413 g/mol. The summed E-state index contributed by atoms with van der Waals surface area (Å²) < 4.78 is 16.2. The quantitative estimate of drug-likeness (QED) is 0.429. The van der Waals surface area contributed by atoms with Crippen LogP contribution in [0.1, 0.15) is 37.1 Å². The minimum absolute atomic E-state index is 0.117. The normalized spacial score (nSPS) is 13.5. The Hall–Kier alpha value is -3.26. The molecule has 0 radical (unpaired) electrons. The molecule has 31 heavy (non-hydrogen) atoms. The van der Waals surface area contributed by atoms with Crippen molar-refractivity contribution >= 4 is 34.3 Å². The highest BCUT2D eigenvalue weighted by Crippen LogP contribution is 2.41. The number of thioether (sulfide) groups is 1. The zero-order chi connectivity index (χ0) is 21.4. The van der Waals surface area contributed by atoms with E-state index in [2.05, 4.69) is 25.1 Å². The Morgan fingerprint density at radius 2 is 2.06 bits per heavy atom. The molecule has 0 unspecified atom stereocenters. The Morgan fingerprint density at radius 1 is 1.19 bits per heavy atom. The molecule has 1 N–H and O–H groups in total. The van der Waals surface area contributed by atoms with Gasteiger partial charge in [-0.15, -0.1) is 10.2 Å². The average molecular weight is 434 g/mol. The predicted octanol–water partition coefficient (Wildman–Crippen LogP) is 5.08. The molecule has 1 aliphatic carbocycles. The summed E-state index contributed by atoms with van der Waals surface area (Å²) >= 11 is 1.54. The Bertz CT molecular complexity index is 1280. The van der Waals surface area contributed by atoms with Gasteiger partial charge in [0.05, 0.1) is 11.2 Å². The van der Waals surface area contributed by atoms with Crippen LogP contribution in [0.25, 0.3) is 16.6 Å². The molecule has 2 aromatic heterocycles. The fraction of sp³-hybridized carbons (Fsp3) is 0.217. The van der Waals surface area contributed by atoms with Crippen LogP contribution in [0.4, 0.5) is 10.1 Å². The molecule has 0 atom stereocenters.